The van der Waals surface area contributed by atoms with Crippen molar-refractivity contribution in [2.24, 2.45) is 17.8 Å². The summed E-state index contributed by atoms with van der Waals surface area (Å²) in [6, 6.07) is -0.349. The smallest absolute Gasteiger partial charge is 0.410 e. The van der Waals surface area contributed by atoms with Gasteiger partial charge in [0.25, 0.3) is 6.47 Å². The van der Waals surface area contributed by atoms with Crippen molar-refractivity contribution in [2.45, 2.75) is 58.7 Å². The van der Waals surface area contributed by atoms with Gasteiger partial charge in [0.05, 0.1) is 25.1 Å². The van der Waals surface area contributed by atoms with Crippen LogP contribution in [-0.4, -0.2) is 53.8 Å². The number of carboxylic acids is 1. The Morgan fingerprint density at radius 1 is 1.13 bits per heavy atom. The van der Waals surface area contributed by atoms with Crippen LogP contribution in [0.3, 0.4) is 0 Å². The zero-order valence-electron chi connectivity index (χ0n) is 14.4. The van der Waals surface area contributed by atoms with E-state index in [1.54, 1.807) is 4.90 Å². The van der Waals surface area contributed by atoms with Crippen LogP contribution in [-0.2, 0) is 19.1 Å². The lowest BCUT2D eigenvalue weighted by Gasteiger charge is -2.18. The van der Waals surface area contributed by atoms with Gasteiger partial charge in [0, 0.05) is 6.42 Å². The summed E-state index contributed by atoms with van der Waals surface area (Å²) in [5, 5.41) is 9.34. The van der Waals surface area contributed by atoms with E-state index in [2.05, 4.69) is 0 Å². The quantitative estimate of drug-likeness (QED) is 0.514. The Morgan fingerprint density at radius 3 is 2.09 bits per heavy atom. The van der Waals surface area contributed by atoms with Gasteiger partial charge >= 0.3 is 12.1 Å². The topological polar surface area (TPSA) is 92.9 Å². The van der Waals surface area contributed by atoms with Crippen molar-refractivity contribution in [1.82, 2.24) is 4.90 Å². The standard InChI is InChI=1S/C16H27NO6/c1-9(2)11(15(19)20)6-12-13(17(12)16(21)22-5)7-14(10(3)4)23-8-18/h8-14H,6-7H2,1-5H3,(H,19,20)/t11-,12?,13-,14-,17?/m0/s1. The number of carboxylic acid groups (broad SMARTS) is 1. The molecule has 132 valence electrons. The number of amides is 1. The minimum atomic E-state index is -0.861. The summed E-state index contributed by atoms with van der Waals surface area (Å²) < 4.78 is 9.86. The third kappa shape index (κ3) is 4.84. The molecule has 1 fully saturated rings. The maximum absolute atomic E-state index is 11.9. The van der Waals surface area contributed by atoms with Crippen LogP contribution in [0.15, 0.2) is 0 Å². The number of rotatable bonds is 9. The first-order chi connectivity index (χ1) is 10.7. The first kappa shape index (κ1) is 19.3. The van der Waals surface area contributed by atoms with Gasteiger partial charge < -0.3 is 14.6 Å². The Balaban J connectivity index is 2.81. The Morgan fingerprint density at radius 2 is 1.70 bits per heavy atom. The predicted molar refractivity (Wildman–Crippen MR) is 82.8 cm³/mol. The molecule has 0 aliphatic carbocycles. The van der Waals surface area contributed by atoms with Crippen LogP contribution in [0.4, 0.5) is 4.79 Å². The number of methoxy groups -OCH3 is 1. The van der Waals surface area contributed by atoms with E-state index in [-0.39, 0.29) is 30.0 Å². The van der Waals surface area contributed by atoms with Crippen molar-refractivity contribution in [2.75, 3.05) is 7.11 Å². The third-order valence-corrected chi connectivity index (χ3v) is 4.52. The maximum Gasteiger partial charge on any atom is 0.410 e. The predicted octanol–water partition coefficient (Wildman–Crippen LogP) is 2.14. The molecule has 0 aromatic rings. The van der Waals surface area contributed by atoms with E-state index in [1.165, 1.54) is 7.11 Å². The maximum atomic E-state index is 11.9. The molecule has 0 spiro atoms. The molecular weight excluding hydrogens is 302 g/mol. The molecule has 1 aliphatic heterocycles. The van der Waals surface area contributed by atoms with Gasteiger partial charge in [0.2, 0.25) is 0 Å². The summed E-state index contributed by atoms with van der Waals surface area (Å²) in [5.41, 5.74) is 0. The summed E-state index contributed by atoms with van der Waals surface area (Å²) in [7, 11) is 1.30. The molecule has 1 aliphatic rings. The number of aliphatic carboxylic acids is 1. The first-order valence-corrected chi connectivity index (χ1v) is 7.92. The molecule has 4 atom stereocenters. The fourth-order valence-corrected chi connectivity index (χ4v) is 2.97. The van der Waals surface area contributed by atoms with Gasteiger partial charge in [-0.15, -0.1) is 0 Å². The molecule has 1 saturated heterocycles. The minimum Gasteiger partial charge on any atom is -0.481 e. The molecule has 1 heterocycles. The van der Waals surface area contributed by atoms with Crippen LogP contribution in [0.1, 0.15) is 40.5 Å². The lowest BCUT2D eigenvalue weighted by atomic mass is 9.89. The Hall–Kier alpha value is -1.79. The van der Waals surface area contributed by atoms with E-state index in [9.17, 15) is 19.5 Å². The summed E-state index contributed by atoms with van der Waals surface area (Å²) in [6.45, 7) is 7.99. The highest BCUT2D eigenvalue weighted by Gasteiger charge is 2.54. The van der Waals surface area contributed by atoms with Crippen LogP contribution < -0.4 is 0 Å². The summed E-state index contributed by atoms with van der Waals surface area (Å²) in [4.78, 5) is 35.4. The monoisotopic (exact) mass is 329 g/mol. The molecule has 1 amide bonds. The molecule has 0 aromatic carbocycles. The lowest BCUT2D eigenvalue weighted by Crippen LogP contribution is -2.24. The second kappa shape index (κ2) is 8.17. The van der Waals surface area contributed by atoms with Crippen molar-refractivity contribution in [3.63, 3.8) is 0 Å². The van der Waals surface area contributed by atoms with Gasteiger partial charge in [-0.05, 0) is 18.3 Å². The fraction of sp³-hybridized carbons (Fsp3) is 0.812. The van der Waals surface area contributed by atoms with Crippen LogP contribution >= 0.6 is 0 Å². The molecule has 0 radical (unpaired) electrons. The molecule has 1 unspecified atom stereocenters. The number of carbonyl (C=O) groups is 3. The van der Waals surface area contributed by atoms with Crippen LogP contribution in [0.2, 0.25) is 0 Å². The summed E-state index contributed by atoms with van der Waals surface area (Å²) in [5.74, 6) is -1.30. The van der Waals surface area contributed by atoms with Gasteiger partial charge in [0.15, 0.2) is 0 Å². The summed E-state index contributed by atoms with van der Waals surface area (Å²) >= 11 is 0. The van der Waals surface area contributed by atoms with E-state index in [0.717, 1.165) is 0 Å². The lowest BCUT2D eigenvalue weighted by molar-refractivity contribution is -0.143. The van der Waals surface area contributed by atoms with Crippen LogP contribution in [0, 0.1) is 17.8 Å². The van der Waals surface area contributed by atoms with Crippen molar-refractivity contribution in [3.05, 3.63) is 0 Å². The van der Waals surface area contributed by atoms with Crippen molar-refractivity contribution in [3.8, 4) is 0 Å². The van der Waals surface area contributed by atoms with E-state index in [1.807, 2.05) is 27.7 Å². The highest BCUT2D eigenvalue weighted by atomic mass is 16.5. The molecular formula is C16H27NO6. The van der Waals surface area contributed by atoms with Gasteiger partial charge in [-0.3, -0.25) is 14.5 Å². The molecule has 0 saturated carbocycles. The fourth-order valence-electron chi connectivity index (χ4n) is 2.97. The Kier molecular flexibility index (Phi) is 6.84. The SMILES string of the molecule is COC(=O)N1C(C[C@H](C(=O)O)C(C)C)[C@@H]1C[C@H](OC=O)C(C)C. The van der Waals surface area contributed by atoms with Crippen molar-refractivity contribution >= 4 is 18.5 Å². The number of carbonyl (C=O) groups excluding carboxylic acids is 2. The zero-order chi connectivity index (χ0) is 17.7. The highest BCUT2D eigenvalue weighted by molar-refractivity contribution is 5.73. The molecule has 0 aromatic heterocycles. The average molecular weight is 329 g/mol. The number of hydrogen-bond donors (Lipinski definition) is 1. The largest absolute Gasteiger partial charge is 0.481 e. The third-order valence-electron chi connectivity index (χ3n) is 4.52. The normalized spacial score (nSPS) is 22.7. The molecule has 7 nitrogen and oxygen atoms in total. The Labute approximate surface area is 136 Å². The summed E-state index contributed by atoms with van der Waals surface area (Å²) in [6.07, 6.45) is 0.0812. The second-order valence-electron chi connectivity index (χ2n) is 6.69. The minimum absolute atomic E-state index is 0.0274. The van der Waals surface area contributed by atoms with E-state index < -0.39 is 18.0 Å². The van der Waals surface area contributed by atoms with E-state index in [4.69, 9.17) is 9.47 Å². The van der Waals surface area contributed by atoms with Crippen LogP contribution in [0.5, 0.6) is 0 Å². The van der Waals surface area contributed by atoms with E-state index in [0.29, 0.717) is 19.3 Å². The number of nitrogens with zero attached hydrogens (tertiary/aromatic N) is 1. The molecule has 0 bridgehead atoms. The van der Waals surface area contributed by atoms with Gasteiger partial charge in [-0.2, -0.15) is 0 Å². The number of ether oxygens (including phenoxy) is 2. The molecule has 1 rings (SSSR count). The Bertz CT molecular complexity index is 436. The number of hydrogen-bond acceptors (Lipinski definition) is 5. The molecule has 23 heavy (non-hydrogen) atoms. The van der Waals surface area contributed by atoms with E-state index >= 15 is 0 Å². The van der Waals surface area contributed by atoms with Gasteiger partial charge in [-0.25, -0.2) is 4.79 Å². The highest BCUT2D eigenvalue weighted by Crippen LogP contribution is 2.40. The zero-order valence-corrected chi connectivity index (χ0v) is 14.4. The van der Waals surface area contributed by atoms with Crippen molar-refractivity contribution < 1.29 is 29.0 Å². The van der Waals surface area contributed by atoms with Crippen molar-refractivity contribution in [1.29, 1.82) is 0 Å². The second-order valence-corrected chi connectivity index (χ2v) is 6.69. The molecule has 1 N–H and O–H groups in total. The van der Waals surface area contributed by atoms with Gasteiger partial charge in [-0.1, -0.05) is 27.7 Å². The average Bonchev–Trinajstić information content (AvgIpc) is 3.15. The molecule has 7 heteroatoms. The van der Waals surface area contributed by atoms with Gasteiger partial charge in [0.1, 0.15) is 6.10 Å². The van der Waals surface area contributed by atoms with Crippen LogP contribution in [0.25, 0.3) is 0 Å². The first-order valence-electron chi connectivity index (χ1n) is 7.92.